The predicted octanol–water partition coefficient (Wildman–Crippen LogP) is 4.29. The number of aromatic nitrogens is 2. The highest BCUT2D eigenvalue weighted by molar-refractivity contribution is 7.91. The number of halogens is 3. The summed E-state index contributed by atoms with van der Waals surface area (Å²) in [6.07, 6.45) is 0.695. The SMILES string of the molecule is Cc1c(Cc2c(CN3CCS(=O)(=O)CC3)nc3ccc(C4=CCOCC4)cn23)cccc1C(F)(F)F. The molecule has 2 aliphatic rings. The van der Waals surface area contributed by atoms with E-state index in [9.17, 15) is 21.6 Å². The summed E-state index contributed by atoms with van der Waals surface area (Å²) in [7, 11) is -3.02. The minimum atomic E-state index is -4.43. The van der Waals surface area contributed by atoms with Crippen molar-refractivity contribution in [1.82, 2.24) is 14.3 Å². The lowest BCUT2D eigenvalue weighted by Gasteiger charge is -2.26. The van der Waals surface area contributed by atoms with Gasteiger partial charge in [-0.15, -0.1) is 0 Å². The van der Waals surface area contributed by atoms with Crippen molar-refractivity contribution >= 4 is 21.1 Å². The molecule has 36 heavy (non-hydrogen) atoms. The average molecular weight is 520 g/mol. The minimum Gasteiger partial charge on any atom is -0.377 e. The molecule has 10 heteroatoms. The first-order chi connectivity index (χ1) is 17.1. The lowest BCUT2D eigenvalue weighted by Crippen LogP contribution is -2.39. The molecule has 0 aliphatic carbocycles. The fourth-order valence-electron chi connectivity index (χ4n) is 4.92. The number of sulfone groups is 1. The van der Waals surface area contributed by atoms with Crippen LogP contribution < -0.4 is 0 Å². The third-order valence-electron chi connectivity index (χ3n) is 7.05. The summed E-state index contributed by atoms with van der Waals surface area (Å²) in [6, 6.07) is 8.22. The van der Waals surface area contributed by atoms with Crippen molar-refractivity contribution in [2.75, 3.05) is 37.8 Å². The van der Waals surface area contributed by atoms with Crippen molar-refractivity contribution in [2.45, 2.75) is 32.5 Å². The Morgan fingerprint density at radius 1 is 1.11 bits per heavy atom. The monoisotopic (exact) mass is 519 g/mol. The van der Waals surface area contributed by atoms with Gasteiger partial charge in [-0.3, -0.25) is 4.90 Å². The van der Waals surface area contributed by atoms with Gasteiger partial charge >= 0.3 is 6.18 Å². The highest BCUT2D eigenvalue weighted by atomic mass is 32.2. The number of alkyl halides is 3. The summed E-state index contributed by atoms with van der Waals surface area (Å²) < 4.78 is 71.9. The summed E-state index contributed by atoms with van der Waals surface area (Å²) >= 11 is 0. The largest absolute Gasteiger partial charge is 0.416 e. The molecule has 3 aromatic rings. The molecule has 0 saturated carbocycles. The van der Waals surface area contributed by atoms with E-state index < -0.39 is 21.6 Å². The third-order valence-corrected chi connectivity index (χ3v) is 8.66. The Hall–Kier alpha value is -2.69. The van der Waals surface area contributed by atoms with Crippen LogP contribution >= 0.6 is 0 Å². The van der Waals surface area contributed by atoms with Gasteiger partial charge in [-0.25, -0.2) is 13.4 Å². The first-order valence-corrected chi connectivity index (χ1v) is 13.8. The number of hydrogen-bond donors (Lipinski definition) is 0. The van der Waals surface area contributed by atoms with Crippen molar-refractivity contribution in [3.63, 3.8) is 0 Å². The minimum absolute atomic E-state index is 0.100. The highest BCUT2D eigenvalue weighted by Crippen LogP contribution is 2.34. The molecule has 192 valence electrons. The fraction of sp³-hybridized carbons (Fsp3) is 0.423. The van der Waals surface area contributed by atoms with E-state index in [1.807, 2.05) is 33.7 Å². The van der Waals surface area contributed by atoms with Gasteiger partial charge in [0.15, 0.2) is 9.84 Å². The molecule has 0 radical (unpaired) electrons. The molecular weight excluding hydrogens is 491 g/mol. The van der Waals surface area contributed by atoms with Gasteiger partial charge in [-0.2, -0.15) is 13.2 Å². The van der Waals surface area contributed by atoms with Gasteiger partial charge in [0.2, 0.25) is 0 Å². The summed E-state index contributed by atoms with van der Waals surface area (Å²) in [5.74, 6) is 0.200. The quantitative estimate of drug-likeness (QED) is 0.504. The molecule has 6 nitrogen and oxygen atoms in total. The number of rotatable bonds is 5. The van der Waals surface area contributed by atoms with Crippen LogP contribution in [0.4, 0.5) is 13.2 Å². The molecule has 2 aromatic heterocycles. The van der Waals surface area contributed by atoms with E-state index in [4.69, 9.17) is 9.72 Å². The van der Waals surface area contributed by atoms with Crippen LogP contribution in [0.5, 0.6) is 0 Å². The van der Waals surface area contributed by atoms with E-state index >= 15 is 0 Å². The molecular formula is C26H28F3N3O3S. The summed E-state index contributed by atoms with van der Waals surface area (Å²) in [5, 5.41) is 0. The first-order valence-electron chi connectivity index (χ1n) is 12.0. The van der Waals surface area contributed by atoms with Crippen molar-refractivity contribution in [3.05, 3.63) is 76.2 Å². The summed E-state index contributed by atoms with van der Waals surface area (Å²) in [4.78, 5) is 6.88. The zero-order chi connectivity index (χ0) is 25.5. The topological polar surface area (TPSA) is 63.9 Å². The number of fused-ring (bicyclic) bond motifs is 1. The van der Waals surface area contributed by atoms with E-state index in [1.165, 1.54) is 18.6 Å². The van der Waals surface area contributed by atoms with E-state index in [0.717, 1.165) is 29.4 Å². The average Bonchev–Trinajstić information content (AvgIpc) is 3.17. The van der Waals surface area contributed by atoms with Crippen LogP contribution in [0.15, 0.2) is 42.6 Å². The van der Waals surface area contributed by atoms with Gasteiger partial charge in [-0.1, -0.05) is 18.2 Å². The maximum absolute atomic E-state index is 13.6. The zero-order valence-corrected chi connectivity index (χ0v) is 20.8. The number of hydrogen-bond acceptors (Lipinski definition) is 5. The van der Waals surface area contributed by atoms with Gasteiger partial charge in [0.1, 0.15) is 5.65 Å². The predicted molar refractivity (Wildman–Crippen MR) is 132 cm³/mol. The number of nitrogens with zero attached hydrogens (tertiary/aromatic N) is 3. The fourth-order valence-corrected chi connectivity index (χ4v) is 6.19. The van der Waals surface area contributed by atoms with Crippen LogP contribution in [0.25, 0.3) is 11.2 Å². The van der Waals surface area contributed by atoms with Crippen molar-refractivity contribution in [1.29, 1.82) is 0 Å². The first kappa shape index (κ1) is 25.0. The number of benzene rings is 1. The Morgan fingerprint density at radius 2 is 1.89 bits per heavy atom. The van der Waals surface area contributed by atoms with Crippen LogP contribution in [0.2, 0.25) is 0 Å². The Bertz CT molecular complexity index is 1410. The molecule has 0 unspecified atom stereocenters. The maximum atomic E-state index is 13.6. The van der Waals surface area contributed by atoms with Crippen LogP contribution in [0.1, 0.15) is 40.1 Å². The van der Waals surface area contributed by atoms with Crippen LogP contribution in [-0.2, 0) is 33.7 Å². The molecule has 1 aromatic carbocycles. The van der Waals surface area contributed by atoms with E-state index in [-0.39, 0.29) is 23.5 Å². The molecule has 2 aliphatic heterocycles. The second-order valence-corrected chi connectivity index (χ2v) is 11.7. The normalized spacial score (nSPS) is 18.9. The third kappa shape index (κ3) is 5.21. The highest BCUT2D eigenvalue weighted by Gasteiger charge is 2.33. The lowest BCUT2D eigenvalue weighted by atomic mass is 9.97. The molecule has 1 fully saturated rings. The smallest absolute Gasteiger partial charge is 0.377 e. The Kier molecular flexibility index (Phi) is 6.69. The van der Waals surface area contributed by atoms with E-state index in [1.54, 1.807) is 6.07 Å². The molecule has 5 rings (SSSR count). The van der Waals surface area contributed by atoms with Crippen LogP contribution in [-0.4, -0.2) is 60.5 Å². The molecule has 1 saturated heterocycles. The Labute approximate surface area is 208 Å². The second-order valence-electron chi connectivity index (χ2n) is 9.40. The van der Waals surface area contributed by atoms with Crippen LogP contribution in [0.3, 0.4) is 0 Å². The van der Waals surface area contributed by atoms with Gasteiger partial charge in [0.25, 0.3) is 0 Å². The second kappa shape index (κ2) is 9.64. The summed E-state index contributed by atoms with van der Waals surface area (Å²) in [5.41, 5.74) is 4.64. The van der Waals surface area contributed by atoms with Gasteiger partial charge in [0.05, 0.1) is 41.7 Å². The lowest BCUT2D eigenvalue weighted by molar-refractivity contribution is -0.138. The molecule has 0 N–H and O–H groups in total. The van der Waals surface area contributed by atoms with Gasteiger partial charge < -0.3 is 9.14 Å². The van der Waals surface area contributed by atoms with E-state index in [0.29, 0.717) is 44.1 Å². The molecule has 0 atom stereocenters. The standard InChI is InChI=1S/C26H28F3N3O3S/c1-18-20(3-2-4-22(18)26(27,28)29)15-24-23(17-31-9-13-36(33,34)14-10-31)30-25-6-5-21(16-32(24)25)19-7-11-35-12-8-19/h2-7,16H,8-15,17H2,1H3. The van der Waals surface area contributed by atoms with Crippen molar-refractivity contribution < 1.29 is 26.3 Å². The van der Waals surface area contributed by atoms with Gasteiger partial charge in [0, 0.05) is 32.3 Å². The zero-order valence-electron chi connectivity index (χ0n) is 20.0. The summed E-state index contributed by atoms with van der Waals surface area (Å²) in [6.45, 7) is 3.97. The van der Waals surface area contributed by atoms with Crippen molar-refractivity contribution in [2.24, 2.45) is 0 Å². The van der Waals surface area contributed by atoms with E-state index in [2.05, 4.69) is 0 Å². The molecule has 0 spiro atoms. The Morgan fingerprint density at radius 3 is 2.58 bits per heavy atom. The van der Waals surface area contributed by atoms with Gasteiger partial charge in [-0.05, 0) is 53.8 Å². The van der Waals surface area contributed by atoms with Crippen molar-refractivity contribution in [3.8, 4) is 0 Å². The molecule has 4 heterocycles. The van der Waals surface area contributed by atoms with Crippen LogP contribution in [0, 0.1) is 6.92 Å². The number of pyridine rings is 1. The maximum Gasteiger partial charge on any atom is 0.416 e. The number of imidazole rings is 1. The molecule has 0 bridgehead atoms. The molecule has 0 amide bonds. The number of ether oxygens (including phenoxy) is 1. The Balaban J connectivity index is 1.56.